The lowest BCUT2D eigenvalue weighted by Gasteiger charge is -2.22. The number of carboxylic acid groups (broad SMARTS) is 1. The molecule has 0 saturated carbocycles. The molecule has 1 unspecified atom stereocenters. The lowest BCUT2D eigenvalue weighted by molar-refractivity contribution is -0.129. The molecule has 6 heteroatoms. The van der Waals surface area contributed by atoms with E-state index in [-0.39, 0.29) is 11.5 Å². The van der Waals surface area contributed by atoms with Gasteiger partial charge in [0.15, 0.2) is 0 Å². The molecular weight excluding hydrogens is 272 g/mol. The fraction of sp³-hybridized carbons (Fsp3) is 0.467. The number of carbonyl (C=O) groups is 2. The second-order valence-corrected chi connectivity index (χ2v) is 5.32. The highest BCUT2D eigenvalue weighted by atomic mass is 16.4. The molecule has 0 aliphatic carbocycles. The lowest BCUT2D eigenvalue weighted by Crippen LogP contribution is -2.36. The van der Waals surface area contributed by atoms with Crippen molar-refractivity contribution in [2.24, 2.45) is 0 Å². The number of rotatable bonds is 3. The van der Waals surface area contributed by atoms with Crippen LogP contribution in [-0.4, -0.2) is 64.2 Å². The summed E-state index contributed by atoms with van der Waals surface area (Å²) in [4.78, 5) is 26.2. The van der Waals surface area contributed by atoms with Crippen molar-refractivity contribution in [2.75, 3.05) is 26.2 Å². The zero-order chi connectivity index (χ0) is 15.4. The Balaban J connectivity index is 2.09. The van der Waals surface area contributed by atoms with Gasteiger partial charge in [-0.3, -0.25) is 9.69 Å². The Morgan fingerprint density at radius 2 is 1.95 bits per heavy atom. The van der Waals surface area contributed by atoms with E-state index in [4.69, 9.17) is 0 Å². The maximum Gasteiger partial charge on any atom is 0.336 e. The molecular formula is C15H20N2O4. The maximum atomic E-state index is 11.4. The first-order valence-corrected chi connectivity index (χ1v) is 6.94. The molecule has 0 bridgehead atoms. The quantitative estimate of drug-likeness (QED) is 0.843. The summed E-state index contributed by atoms with van der Waals surface area (Å²) in [7, 11) is 0. The molecule has 2 N–H and O–H groups in total. The van der Waals surface area contributed by atoms with Gasteiger partial charge < -0.3 is 15.1 Å². The van der Waals surface area contributed by atoms with Crippen molar-refractivity contribution < 1.29 is 19.8 Å². The summed E-state index contributed by atoms with van der Waals surface area (Å²) in [5, 5.41) is 19.2. The normalized spacial score (nSPS) is 20.1. The molecule has 1 aromatic rings. The van der Waals surface area contributed by atoms with Crippen molar-refractivity contribution in [2.45, 2.75) is 19.6 Å². The Hall–Kier alpha value is -1.92. The van der Waals surface area contributed by atoms with Crippen LogP contribution in [0, 0.1) is 0 Å². The van der Waals surface area contributed by atoms with E-state index in [0.717, 1.165) is 0 Å². The van der Waals surface area contributed by atoms with Crippen molar-refractivity contribution >= 4 is 11.9 Å². The summed E-state index contributed by atoms with van der Waals surface area (Å²) in [6, 6.07) is 6.86. The van der Waals surface area contributed by atoms with Gasteiger partial charge >= 0.3 is 5.97 Å². The number of aliphatic hydroxyl groups excluding tert-OH is 1. The van der Waals surface area contributed by atoms with E-state index in [1.807, 2.05) is 4.90 Å². The molecule has 0 radical (unpaired) electrons. The van der Waals surface area contributed by atoms with E-state index in [1.165, 1.54) is 6.92 Å². The largest absolute Gasteiger partial charge is 0.478 e. The van der Waals surface area contributed by atoms with Gasteiger partial charge in [0, 0.05) is 39.6 Å². The summed E-state index contributed by atoms with van der Waals surface area (Å²) in [5.74, 6) is -1.01. The fourth-order valence-electron chi connectivity index (χ4n) is 2.59. The fourth-order valence-corrected chi connectivity index (χ4v) is 2.59. The molecule has 6 nitrogen and oxygen atoms in total. The minimum absolute atomic E-state index is 0.0539. The van der Waals surface area contributed by atoms with Crippen molar-refractivity contribution in [3.05, 3.63) is 35.4 Å². The predicted octanol–water partition coefficient (Wildman–Crippen LogP) is 0.410. The van der Waals surface area contributed by atoms with Gasteiger partial charge in [0.2, 0.25) is 5.91 Å². The predicted molar refractivity (Wildman–Crippen MR) is 76.9 cm³/mol. The molecule has 1 atom stereocenters. The number of aliphatic hydroxyl groups is 1. The van der Waals surface area contributed by atoms with E-state index < -0.39 is 12.1 Å². The van der Waals surface area contributed by atoms with Crippen molar-refractivity contribution in [1.82, 2.24) is 9.80 Å². The smallest absolute Gasteiger partial charge is 0.336 e. The summed E-state index contributed by atoms with van der Waals surface area (Å²) in [6.45, 7) is 3.85. The van der Waals surface area contributed by atoms with Crippen LogP contribution in [0.3, 0.4) is 0 Å². The first kappa shape index (κ1) is 15.5. The van der Waals surface area contributed by atoms with Crippen molar-refractivity contribution in [3.63, 3.8) is 0 Å². The molecule has 1 amide bonds. The summed E-state index contributed by atoms with van der Waals surface area (Å²) in [5.41, 5.74) is 0.994. The first-order valence-electron chi connectivity index (χ1n) is 6.94. The average Bonchev–Trinajstić information content (AvgIpc) is 2.61. The lowest BCUT2D eigenvalue weighted by atomic mass is 10.1. The number of nitrogens with zero attached hydrogens (tertiary/aromatic N) is 2. The molecule has 1 aromatic carbocycles. The standard InChI is InChI=1S/C15H20N2O4/c1-11(18)17-7-6-16(9-13(19)10-17)8-12-4-2-3-5-14(12)15(20)21/h2-5,13,19H,6-10H2,1H3,(H,20,21). The molecule has 1 saturated heterocycles. The molecule has 1 fully saturated rings. The summed E-state index contributed by atoms with van der Waals surface area (Å²) in [6.07, 6.45) is -0.617. The molecule has 21 heavy (non-hydrogen) atoms. The molecule has 0 aromatic heterocycles. The minimum Gasteiger partial charge on any atom is -0.478 e. The summed E-state index contributed by atoms with van der Waals surface area (Å²) < 4.78 is 0. The third-order valence-corrected chi connectivity index (χ3v) is 3.67. The van der Waals surface area contributed by atoms with Crippen LogP contribution >= 0.6 is 0 Å². The van der Waals surface area contributed by atoms with Crippen LogP contribution in [0.15, 0.2) is 24.3 Å². The van der Waals surface area contributed by atoms with Crippen LogP contribution in [0.4, 0.5) is 0 Å². The highest BCUT2D eigenvalue weighted by Gasteiger charge is 2.23. The van der Waals surface area contributed by atoms with E-state index in [0.29, 0.717) is 38.3 Å². The van der Waals surface area contributed by atoms with Gasteiger partial charge in [-0.1, -0.05) is 18.2 Å². The minimum atomic E-state index is -0.952. The molecule has 1 heterocycles. The first-order chi connectivity index (χ1) is 9.97. The molecule has 1 aliphatic rings. The maximum absolute atomic E-state index is 11.4. The van der Waals surface area contributed by atoms with Gasteiger partial charge in [0.1, 0.15) is 0 Å². The number of aromatic carboxylic acids is 1. The van der Waals surface area contributed by atoms with Gasteiger partial charge in [-0.2, -0.15) is 0 Å². The number of benzene rings is 1. The Kier molecular flexibility index (Phi) is 4.93. The third kappa shape index (κ3) is 4.03. The second-order valence-electron chi connectivity index (χ2n) is 5.32. The number of β-amino-alcohol motifs (C(OH)–C–C–N with tert-alkyl or cyclic N) is 1. The Morgan fingerprint density at radius 1 is 1.24 bits per heavy atom. The van der Waals surface area contributed by atoms with E-state index in [1.54, 1.807) is 29.2 Å². The molecule has 0 spiro atoms. The monoisotopic (exact) mass is 292 g/mol. The van der Waals surface area contributed by atoms with Crippen molar-refractivity contribution in [1.29, 1.82) is 0 Å². The number of carboxylic acids is 1. The van der Waals surface area contributed by atoms with E-state index >= 15 is 0 Å². The number of amides is 1. The zero-order valence-electron chi connectivity index (χ0n) is 12.0. The SMILES string of the molecule is CC(=O)N1CCN(Cc2ccccc2C(=O)O)CC(O)C1. The van der Waals surface area contributed by atoms with Crippen LogP contribution in [-0.2, 0) is 11.3 Å². The van der Waals surface area contributed by atoms with Crippen LogP contribution < -0.4 is 0 Å². The molecule has 2 rings (SSSR count). The zero-order valence-corrected chi connectivity index (χ0v) is 12.0. The Morgan fingerprint density at radius 3 is 2.62 bits per heavy atom. The number of hydrogen-bond donors (Lipinski definition) is 2. The average molecular weight is 292 g/mol. The highest BCUT2D eigenvalue weighted by Crippen LogP contribution is 2.14. The van der Waals surface area contributed by atoms with Gasteiger partial charge in [0.25, 0.3) is 0 Å². The summed E-state index contributed by atoms with van der Waals surface area (Å²) >= 11 is 0. The van der Waals surface area contributed by atoms with Crippen LogP contribution in [0.2, 0.25) is 0 Å². The van der Waals surface area contributed by atoms with E-state index in [2.05, 4.69) is 0 Å². The highest BCUT2D eigenvalue weighted by molar-refractivity contribution is 5.89. The van der Waals surface area contributed by atoms with Gasteiger partial charge in [-0.25, -0.2) is 4.79 Å². The Bertz CT molecular complexity index is 532. The van der Waals surface area contributed by atoms with Gasteiger partial charge in [-0.15, -0.1) is 0 Å². The van der Waals surface area contributed by atoms with Crippen molar-refractivity contribution in [3.8, 4) is 0 Å². The molecule has 1 aliphatic heterocycles. The number of hydrogen-bond acceptors (Lipinski definition) is 4. The topological polar surface area (TPSA) is 81.1 Å². The van der Waals surface area contributed by atoms with E-state index in [9.17, 15) is 19.8 Å². The van der Waals surface area contributed by atoms with Crippen LogP contribution in [0.25, 0.3) is 0 Å². The van der Waals surface area contributed by atoms with Gasteiger partial charge in [-0.05, 0) is 11.6 Å². The van der Waals surface area contributed by atoms with Gasteiger partial charge in [0.05, 0.1) is 11.7 Å². The Labute approximate surface area is 123 Å². The second kappa shape index (κ2) is 6.69. The van der Waals surface area contributed by atoms with Crippen LogP contribution in [0.5, 0.6) is 0 Å². The molecule has 114 valence electrons. The van der Waals surface area contributed by atoms with Crippen LogP contribution in [0.1, 0.15) is 22.8 Å². The number of carbonyl (C=O) groups excluding carboxylic acids is 1. The third-order valence-electron chi connectivity index (χ3n) is 3.67.